The van der Waals surface area contributed by atoms with Crippen molar-refractivity contribution in [2.45, 2.75) is 19.7 Å². The van der Waals surface area contributed by atoms with Gasteiger partial charge in [0.05, 0.1) is 24.9 Å². The molecule has 0 unspecified atom stereocenters. The number of carbonyl (C=O) groups excluding carboxylic acids is 1. The number of ether oxygens (including phenoxy) is 2. The first-order chi connectivity index (χ1) is 12.3. The van der Waals surface area contributed by atoms with Gasteiger partial charge in [-0.05, 0) is 13.0 Å². The Morgan fingerprint density at radius 3 is 2.88 bits per heavy atom. The molecule has 0 aliphatic rings. The van der Waals surface area contributed by atoms with Gasteiger partial charge in [-0.2, -0.15) is 5.10 Å². The molecule has 1 heterocycles. The largest absolute Gasteiger partial charge is 0.573 e. The molecule has 0 radical (unpaired) electrons. The molecule has 0 bridgehead atoms. The number of halogens is 4. The molecular formula is C15H13F4N3O3S. The topological polar surface area (TPSA) is 72.8 Å². The zero-order valence-electron chi connectivity index (χ0n) is 13.3. The highest BCUT2D eigenvalue weighted by Crippen LogP contribution is 2.26. The Morgan fingerprint density at radius 2 is 2.19 bits per heavy atom. The van der Waals surface area contributed by atoms with Crippen molar-refractivity contribution in [1.82, 2.24) is 4.98 Å². The quantitative estimate of drug-likeness (QED) is 0.337. The molecule has 11 heteroatoms. The first-order valence-corrected chi connectivity index (χ1v) is 8.10. The number of nitrogens with zero attached hydrogens (tertiary/aromatic N) is 2. The van der Waals surface area contributed by atoms with Crippen LogP contribution in [0, 0.1) is 5.82 Å². The van der Waals surface area contributed by atoms with Gasteiger partial charge in [0.2, 0.25) is 5.13 Å². The molecule has 6 nitrogen and oxygen atoms in total. The van der Waals surface area contributed by atoms with E-state index in [1.54, 1.807) is 12.3 Å². The van der Waals surface area contributed by atoms with Crippen molar-refractivity contribution in [3.8, 4) is 5.75 Å². The highest BCUT2D eigenvalue weighted by molar-refractivity contribution is 7.13. The number of carbonyl (C=O) groups is 1. The second kappa shape index (κ2) is 8.61. The lowest BCUT2D eigenvalue weighted by atomic mass is 10.2. The molecule has 2 aromatic rings. The normalized spacial score (nSPS) is 11.6. The third-order valence-electron chi connectivity index (χ3n) is 2.77. The fourth-order valence-electron chi connectivity index (χ4n) is 1.79. The molecule has 1 aromatic heterocycles. The maximum atomic E-state index is 13.9. The summed E-state index contributed by atoms with van der Waals surface area (Å²) in [6.07, 6.45) is -4.00. The van der Waals surface area contributed by atoms with Crippen LogP contribution in [0.15, 0.2) is 28.7 Å². The Balaban J connectivity index is 2.00. The number of alkyl halides is 3. The van der Waals surface area contributed by atoms with Crippen LogP contribution in [0.25, 0.3) is 0 Å². The van der Waals surface area contributed by atoms with Gasteiger partial charge in [-0.15, -0.1) is 24.5 Å². The Labute approximate surface area is 149 Å². The second-order valence-electron chi connectivity index (χ2n) is 4.70. The zero-order chi connectivity index (χ0) is 19.2. The molecule has 0 aliphatic carbocycles. The van der Waals surface area contributed by atoms with Crippen molar-refractivity contribution in [3.63, 3.8) is 0 Å². The molecule has 1 N–H and O–H groups in total. The number of esters is 1. The molecule has 1 aromatic carbocycles. The van der Waals surface area contributed by atoms with Gasteiger partial charge in [0.1, 0.15) is 0 Å². The van der Waals surface area contributed by atoms with E-state index in [1.165, 1.54) is 12.1 Å². The van der Waals surface area contributed by atoms with Crippen molar-refractivity contribution in [2.24, 2.45) is 5.10 Å². The predicted molar refractivity (Wildman–Crippen MR) is 86.8 cm³/mol. The number of hydrogen-bond acceptors (Lipinski definition) is 7. The first-order valence-electron chi connectivity index (χ1n) is 7.22. The number of nitrogens with one attached hydrogen (secondary N) is 1. The fourth-order valence-corrected chi connectivity index (χ4v) is 2.45. The van der Waals surface area contributed by atoms with Gasteiger partial charge in [-0.1, -0.05) is 12.1 Å². The van der Waals surface area contributed by atoms with E-state index in [9.17, 15) is 22.4 Å². The van der Waals surface area contributed by atoms with Crippen LogP contribution in [0.4, 0.5) is 22.7 Å². The number of hydrogen-bond donors (Lipinski definition) is 1. The van der Waals surface area contributed by atoms with Gasteiger partial charge in [0.25, 0.3) is 0 Å². The summed E-state index contributed by atoms with van der Waals surface area (Å²) >= 11 is 1.15. The standard InChI is InChI=1S/C15H13F4N3O3S/c1-2-24-12(23)6-10-8-26-14(21-10)22-20-7-9-4-3-5-11(13(9)16)25-15(17,18)19/h3-5,7-8H,2,6H2,1H3,(H,21,22). The molecule has 0 spiro atoms. The zero-order valence-corrected chi connectivity index (χ0v) is 14.2. The summed E-state index contributed by atoms with van der Waals surface area (Å²) in [5.74, 6) is -2.57. The summed E-state index contributed by atoms with van der Waals surface area (Å²) in [6.45, 7) is 1.95. The average Bonchev–Trinajstić information content (AvgIpc) is 2.97. The molecule has 0 amide bonds. The minimum Gasteiger partial charge on any atom is -0.466 e. The number of anilines is 1. The van der Waals surface area contributed by atoms with Gasteiger partial charge in [-0.3, -0.25) is 10.2 Å². The summed E-state index contributed by atoms with van der Waals surface area (Å²) in [5.41, 5.74) is 2.77. The molecule has 140 valence electrons. The molecule has 0 atom stereocenters. The van der Waals surface area contributed by atoms with Gasteiger partial charge in [0.15, 0.2) is 11.6 Å². The Hall–Kier alpha value is -2.69. The second-order valence-corrected chi connectivity index (χ2v) is 5.56. The molecule has 0 saturated carbocycles. The highest BCUT2D eigenvalue weighted by atomic mass is 32.1. The molecule has 2 rings (SSSR count). The van der Waals surface area contributed by atoms with Crippen LogP contribution < -0.4 is 10.2 Å². The van der Waals surface area contributed by atoms with E-state index >= 15 is 0 Å². The Kier molecular flexibility index (Phi) is 6.50. The van der Waals surface area contributed by atoms with E-state index in [4.69, 9.17) is 4.74 Å². The predicted octanol–water partition coefficient (Wildman–Crippen LogP) is 3.73. The number of rotatable bonds is 7. The SMILES string of the molecule is CCOC(=O)Cc1csc(NN=Cc2cccc(OC(F)(F)F)c2F)n1. The summed E-state index contributed by atoms with van der Waals surface area (Å²) in [4.78, 5) is 15.4. The number of aromatic nitrogens is 1. The lowest BCUT2D eigenvalue weighted by Crippen LogP contribution is -2.18. The van der Waals surface area contributed by atoms with Crippen molar-refractivity contribution >= 4 is 28.7 Å². The summed E-state index contributed by atoms with van der Waals surface area (Å²) in [7, 11) is 0. The van der Waals surface area contributed by atoms with E-state index in [1.807, 2.05) is 0 Å². The van der Waals surface area contributed by atoms with E-state index < -0.39 is 23.9 Å². The van der Waals surface area contributed by atoms with Gasteiger partial charge >= 0.3 is 12.3 Å². The van der Waals surface area contributed by atoms with Gasteiger partial charge in [-0.25, -0.2) is 9.37 Å². The van der Waals surface area contributed by atoms with Gasteiger partial charge in [0, 0.05) is 10.9 Å². The third-order valence-corrected chi connectivity index (χ3v) is 3.56. The minimum absolute atomic E-state index is 0.00118. The van der Waals surface area contributed by atoms with Crippen LogP contribution in [-0.4, -0.2) is 30.1 Å². The lowest BCUT2D eigenvalue weighted by Gasteiger charge is -2.10. The number of hydrazone groups is 1. The van der Waals surface area contributed by atoms with E-state index in [0.29, 0.717) is 10.8 Å². The highest BCUT2D eigenvalue weighted by Gasteiger charge is 2.32. The van der Waals surface area contributed by atoms with E-state index in [0.717, 1.165) is 23.6 Å². The maximum absolute atomic E-state index is 13.9. The van der Waals surface area contributed by atoms with E-state index in [2.05, 4.69) is 20.2 Å². The number of thiazole rings is 1. The summed E-state index contributed by atoms with van der Waals surface area (Å²) in [6, 6.07) is 3.29. The monoisotopic (exact) mass is 391 g/mol. The van der Waals surface area contributed by atoms with Crippen LogP contribution in [0.2, 0.25) is 0 Å². The maximum Gasteiger partial charge on any atom is 0.573 e. The van der Waals surface area contributed by atoms with Crippen LogP contribution in [0.5, 0.6) is 5.75 Å². The van der Waals surface area contributed by atoms with Crippen LogP contribution in [-0.2, 0) is 16.0 Å². The average molecular weight is 391 g/mol. The summed E-state index contributed by atoms with van der Waals surface area (Å²) in [5, 5.41) is 5.66. The van der Waals surface area contributed by atoms with Crippen molar-refractivity contribution < 1.29 is 31.8 Å². The fraction of sp³-hybridized carbons (Fsp3) is 0.267. The van der Waals surface area contributed by atoms with E-state index in [-0.39, 0.29) is 18.6 Å². The Morgan fingerprint density at radius 1 is 1.42 bits per heavy atom. The van der Waals surface area contributed by atoms with Crippen molar-refractivity contribution in [3.05, 3.63) is 40.7 Å². The molecule has 26 heavy (non-hydrogen) atoms. The van der Waals surface area contributed by atoms with Crippen LogP contribution in [0.1, 0.15) is 18.2 Å². The Bertz CT molecular complexity index is 793. The van der Waals surface area contributed by atoms with Crippen LogP contribution >= 0.6 is 11.3 Å². The molecule has 0 fully saturated rings. The van der Waals surface area contributed by atoms with Crippen LogP contribution in [0.3, 0.4) is 0 Å². The van der Waals surface area contributed by atoms with Crippen molar-refractivity contribution in [2.75, 3.05) is 12.0 Å². The minimum atomic E-state index is -4.99. The smallest absolute Gasteiger partial charge is 0.466 e. The first kappa shape index (κ1) is 19.6. The third kappa shape index (κ3) is 5.99. The molecule has 0 aliphatic heterocycles. The number of benzene rings is 1. The molecular weight excluding hydrogens is 378 g/mol. The van der Waals surface area contributed by atoms with Gasteiger partial charge < -0.3 is 9.47 Å². The molecule has 0 saturated heterocycles. The van der Waals surface area contributed by atoms with Crippen molar-refractivity contribution in [1.29, 1.82) is 0 Å². The summed E-state index contributed by atoms with van der Waals surface area (Å²) < 4.78 is 58.9. The lowest BCUT2D eigenvalue weighted by molar-refractivity contribution is -0.275.